The molecule has 0 saturated carbocycles. The smallest absolute Gasteiger partial charge is 0.339 e. The maximum atomic E-state index is 13.7. The largest absolute Gasteiger partial charge is 0.481 e. The number of rotatable bonds is 26. The zero-order chi connectivity index (χ0) is 35.6. The maximum absolute atomic E-state index is 13.7. The normalized spacial score (nSPS) is 13.5. The highest BCUT2D eigenvalue weighted by Gasteiger charge is 2.48. The van der Waals surface area contributed by atoms with Gasteiger partial charge in [0.2, 0.25) is 5.91 Å². The highest BCUT2D eigenvalue weighted by molar-refractivity contribution is 5.93. The van der Waals surface area contributed by atoms with Crippen molar-refractivity contribution in [1.29, 1.82) is 0 Å². The van der Waals surface area contributed by atoms with E-state index in [1.807, 2.05) is 0 Å². The van der Waals surface area contributed by atoms with Crippen molar-refractivity contribution in [1.82, 2.24) is 5.32 Å². The number of ether oxygens (including phenoxy) is 3. The summed E-state index contributed by atoms with van der Waals surface area (Å²) in [4.78, 5) is 51.5. The van der Waals surface area contributed by atoms with Crippen LogP contribution in [0.5, 0.6) is 5.75 Å². The summed E-state index contributed by atoms with van der Waals surface area (Å²) in [6, 6.07) is 5.82. The van der Waals surface area contributed by atoms with Gasteiger partial charge in [0.1, 0.15) is 24.2 Å². The molecule has 0 aliphatic rings. The lowest BCUT2D eigenvalue weighted by molar-refractivity contribution is -0.174. The quantitative estimate of drug-likeness (QED) is 0.0509. The van der Waals surface area contributed by atoms with Crippen molar-refractivity contribution in [2.24, 2.45) is 5.92 Å². The third-order valence-electron chi connectivity index (χ3n) is 8.04. The Balaban J connectivity index is 2.93. The summed E-state index contributed by atoms with van der Waals surface area (Å²) in [6.07, 6.45) is 13.6. The summed E-state index contributed by atoms with van der Waals surface area (Å²) in [6.45, 7) is 5.08. The zero-order valence-electron chi connectivity index (χ0n) is 29.4. The van der Waals surface area contributed by atoms with Gasteiger partial charge in [0, 0.05) is 32.3 Å². The first-order chi connectivity index (χ1) is 23.2. The summed E-state index contributed by atoms with van der Waals surface area (Å²) < 4.78 is 15.6. The van der Waals surface area contributed by atoms with E-state index in [1.54, 1.807) is 44.2 Å². The van der Waals surface area contributed by atoms with Crippen molar-refractivity contribution in [3.05, 3.63) is 42.0 Å². The molecule has 0 heterocycles. The molecule has 268 valence electrons. The van der Waals surface area contributed by atoms with Gasteiger partial charge in [-0.2, -0.15) is 0 Å². The fourth-order valence-electron chi connectivity index (χ4n) is 5.24. The molecule has 0 radical (unpaired) electrons. The van der Waals surface area contributed by atoms with Crippen LogP contribution < -0.4 is 10.1 Å². The highest BCUT2D eigenvalue weighted by atomic mass is 16.5. The van der Waals surface area contributed by atoms with Gasteiger partial charge in [0.05, 0.1) is 19.6 Å². The van der Waals surface area contributed by atoms with Gasteiger partial charge in [-0.1, -0.05) is 75.7 Å². The Morgan fingerprint density at radius 2 is 1.60 bits per heavy atom. The summed E-state index contributed by atoms with van der Waals surface area (Å²) in [5.74, 6) is 2.47. The summed E-state index contributed by atoms with van der Waals surface area (Å²) in [5, 5.41) is 23.8. The minimum Gasteiger partial charge on any atom is -0.481 e. The van der Waals surface area contributed by atoms with Crippen LogP contribution in [0.3, 0.4) is 0 Å². The Labute approximate surface area is 287 Å². The molecule has 10 nitrogen and oxygen atoms in total. The number of benzene rings is 1. The van der Waals surface area contributed by atoms with Crippen LogP contribution in [0.4, 0.5) is 0 Å². The number of carbonyl (C=O) groups excluding carboxylic acids is 4. The number of amides is 1. The molecule has 10 heteroatoms. The third-order valence-corrected chi connectivity index (χ3v) is 8.04. The maximum Gasteiger partial charge on any atom is 0.339 e. The first-order valence-electron chi connectivity index (χ1n) is 17.3. The number of carbonyl (C=O) groups is 4. The van der Waals surface area contributed by atoms with Gasteiger partial charge >= 0.3 is 11.9 Å². The molecular formula is C38H57NO9. The second kappa shape index (κ2) is 25.4. The molecule has 0 aliphatic heterocycles. The van der Waals surface area contributed by atoms with E-state index in [-0.39, 0.29) is 19.6 Å². The minimum atomic E-state index is -2.37. The number of hydrogen-bond donors (Lipinski definition) is 3. The minimum absolute atomic E-state index is 0.0402. The highest BCUT2D eigenvalue weighted by Crippen LogP contribution is 2.27. The van der Waals surface area contributed by atoms with Gasteiger partial charge in [-0.3, -0.25) is 9.59 Å². The molecule has 0 bridgehead atoms. The first kappa shape index (κ1) is 42.3. The van der Waals surface area contributed by atoms with Crippen LogP contribution in [-0.4, -0.2) is 72.4 Å². The van der Waals surface area contributed by atoms with Gasteiger partial charge in [-0.15, -0.1) is 5.92 Å². The van der Waals surface area contributed by atoms with E-state index in [4.69, 9.17) is 14.2 Å². The van der Waals surface area contributed by atoms with Crippen LogP contribution in [-0.2, 0) is 35.1 Å². The molecule has 48 heavy (non-hydrogen) atoms. The fourth-order valence-corrected chi connectivity index (χ4v) is 5.24. The summed E-state index contributed by atoms with van der Waals surface area (Å²) in [7, 11) is 1.20. The molecule has 0 aliphatic carbocycles. The second-order valence-electron chi connectivity index (χ2n) is 11.8. The van der Waals surface area contributed by atoms with Crippen LogP contribution >= 0.6 is 0 Å². The van der Waals surface area contributed by atoms with Crippen LogP contribution in [0.1, 0.15) is 110 Å². The van der Waals surface area contributed by atoms with E-state index in [1.165, 1.54) is 32.4 Å². The van der Waals surface area contributed by atoms with E-state index in [0.29, 0.717) is 36.4 Å². The van der Waals surface area contributed by atoms with Gasteiger partial charge in [-0.05, 0) is 57.2 Å². The first-order valence-corrected chi connectivity index (χ1v) is 17.3. The molecule has 3 atom stereocenters. The van der Waals surface area contributed by atoms with Crippen molar-refractivity contribution in [3.63, 3.8) is 0 Å². The lowest BCUT2D eigenvalue weighted by atomic mass is 9.83. The topological polar surface area (TPSA) is 148 Å². The molecule has 0 unspecified atom stereocenters. The fraction of sp³-hybridized carbons (Fsp3) is 0.632. The van der Waals surface area contributed by atoms with Gasteiger partial charge in [-0.25, -0.2) is 9.59 Å². The summed E-state index contributed by atoms with van der Waals surface area (Å²) in [5.41, 5.74) is -1.67. The lowest BCUT2D eigenvalue weighted by Crippen LogP contribution is -2.55. The van der Waals surface area contributed by atoms with Crippen molar-refractivity contribution in [3.8, 4) is 17.6 Å². The Kier molecular flexibility index (Phi) is 22.4. The molecule has 1 rings (SSSR count). The monoisotopic (exact) mass is 671 g/mol. The predicted octanol–water partition coefficient (Wildman–Crippen LogP) is 5.41. The number of unbranched alkanes of at least 4 members (excludes halogenated alkanes) is 8. The van der Waals surface area contributed by atoms with Crippen molar-refractivity contribution < 1.29 is 43.6 Å². The lowest BCUT2D eigenvalue weighted by Gasteiger charge is -2.32. The number of hydrogen-bond acceptors (Lipinski definition) is 9. The van der Waals surface area contributed by atoms with Gasteiger partial charge in [0.25, 0.3) is 0 Å². The summed E-state index contributed by atoms with van der Waals surface area (Å²) >= 11 is 0. The average Bonchev–Trinajstić information content (AvgIpc) is 3.07. The number of Topliss-reactive ketones (excluding diaryl/α,β-unsaturated/α-hetero) is 1. The predicted molar refractivity (Wildman–Crippen MR) is 185 cm³/mol. The Morgan fingerprint density at radius 3 is 2.19 bits per heavy atom. The van der Waals surface area contributed by atoms with Crippen molar-refractivity contribution in [2.45, 2.75) is 122 Å². The van der Waals surface area contributed by atoms with E-state index in [2.05, 4.69) is 24.1 Å². The second-order valence-corrected chi connectivity index (χ2v) is 11.8. The average molecular weight is 672 g/mol. The number of methoxy groups -OCH3 is 1. The number of ketones is 1. The Hall–Kier alpha value is -3.68. The van der Waals surface area contributed by atoms with E-state index >= 15 is 0 Å². The van der Waals surface area contributed by atoms with E-state index in [0.717, 1.165) is 38.5 Å². The van der Waals surface area contributed by atoms with Crippen LogP contribution in [0.25, 0.3) is 0 Å². The van der Waals surface area contributed by atoms with Crippen LogP contribution in [0.15, 0.2) is 36.4 Å². The van der Waals surface area contributed by atoms with Gasteiger partial charge < -0.3 is 29.7 Å². The molecule has 0 spiro atoms. The van der Waals surface area contributed by atoms with Crippen LogP contribution in [0, 0.1) is 17.8 Å². The van der Waals surface area contributed by atoms with Crippen molar-refractivity contribution in [2.75, 3.05) is 26.9 Å². The number of aliphatic hydroxyl groups is 2. The van der Waals surface area contributed by atoms with Gasteiger partial charge in [0.15, 0.2) is 5.60 Å². The Morgan fingerprint density at radius 1 is 0.958 bits per heavy atom. The van der Waals surface area contributed by atoms with Crippen LogP contribution in [0.2, 0.25) is 0 Å². The molecule has 0 aromatic heterocycles. The Bertz CT molecular complexity index is 1180. The molecule has 0 fully saturated rings. The standard InChI is InChI=1S/C38H57NO9/c1-5-8-10-13-16-19-31(41)20-17-14-11-12-15-18-21-33(38(45,26-27-40)37(44)47-7-3)35(42)39-34(36(43)46-4)29-30-22-24-32(25-23-30)48-28-9-6-2/h18,21-25,33-34,40,45H,5,7-8,10-17,19-20,26-29H2,1-4H3,(H,39,42)/b21-18+/t33-,34+,38+/m1/s1. The van der Waals surface area contributed by atoms with E-state index < -0.39 is 48.4 Å². The molecular weight excluding hydrogens is 614 g/mol. The van der Waals surface area contributed by atoms with E-state index in [9.17, 15) is 29.4 Å². The SMILES string of the molecule is CC#CCOc1ccc(C[C@H](NC(=O)[C@@H](/C=C/CCCCCCC(=O)CCCCCCC)[C@@](O)(CCO)C(=O)OCC)C(=O)OC)cc1. The molecule has 1 amide bonds. The zero-order valence-corrected chi connectivity index (χ0v) is 29.4. The molecule has 3 N–H and O–H groups in total. The molecule has 1 aromatic carbocycles. The number of allylic oxidation sites excluding steroid dienone is 1. The molecule has 0 saturated heterocycles. The number of esters is 2. The van der Waals surface area contributed by atoms with Crippen molar-refractivity contribution >= 4 is 23.6 Å². The number of aliphatic hydroxyl groups excluding tert-OH is 1. The third kappa shape index (κ3) is 16.4. The number of nitrogens with one attached hydrogen (secondary N) is 1. The molecule has 1 aromatic rings.